The summed E-state index contributed by atoms with van der Waals surface area (Å²) in [6.45, 7) is 4.54. The smallest absolute Gasteiger partial charge is 0.0136 e. The lowest BCUT2D eigenvalue weighted by Crippen LogP contribution is -2.24. The maximum atomic E-state index is 3.80. The summed E-state index contributed by atoms with van der Waals surface area (Å²) in [6, 6.07) is 0. The van der Waals surface area contributed by atoms with Gasteiger partial charge in [0, 0.05) is 0 Å². The van der Waals surface area contributed by atoms with Gasteiger partial charge in [0.15, 0.2) is 0 Å². The van der Waals surface area contributed by atoms with Crippen LogP contribution in [0, 0.1) is 0 Å². The van der Waals surface area contributed by atoms with Crippen LogP contribution in [-0.2, 0) is 0 Å². The quantitative estimate of drug-likeness (QED) is 0.730. The van der Waals surface area contributed by atoms with E-state index in [2.05, 4.69) is 43.0 Å². The minimum atomic E-state index is -0.502. The zero-order valence-corrected chi connectivity index (χ0v) is 10.4. The van der Waals surface area contributed by atoms with Gasteiger partial charge in [-0.2, -0.15) is 20.4 Å². The standard InChI is InChI=1S/C8H23NS2/c1-7-10(3,4)9-11(5,6)8-2/h9H,7-8H2,1-6H3. The van der Waals surface area contributed by atoms with Gasteiger partial charge in [-0.3, -0.25) is 0 Å². The van der Waals surface area contributed by atoms with Gasteiger partial charge in [0.05, 0.1) is 0 Å². The second kappa shape index (κ2) is 4.06. The first kappa shape index (κ1) is 11.7. The molecule has 0 aromatic heterocycles. The minimum Gasteiger partial charge on any atom is -0.245 e. The summed E-state index contributed by atoms with van der Waals surface area (Å²) in [6.07, 6.45) is 9.43. The Balaban J connectivity index is 4.02. The molecule has 0 unspecified atom stereocenters. The van der Waals surface area contributed by atoms with Crippen LogP contribution >= 0.6 is 20.4 Å². The van der Waals surface area contributed by atoms with Crippen molar-refractivity contribution in [2.45, 2.75) is 13.8 Å². The molecule has 72 valence electrons. The van der Waals surface area contributed by atoms with Gasteiger partial charge in [0.25, 0.3) is 0 Å². The fourth-order valence-electron chi connectivity index (χ4n) is 0.729. The van der Waals surface area contributed by atoms with E-state index in [4.69, 9.17) is 0 Å². The van der Waals surface area contributed by atoms with Crippen molar-refractivity contribution in [3.63, 3.8) is 0 Å². The van der Waals surface area contributed by atoms with Crippen molar-refractivity contribution in [2.24, 2.45) is 0 Å². The van der Waals surface area contributed by atoms with Crippen molar-refractivity contribution in [2.75, 3.05) is 36.5 Å². The molecule has 0 amide bonds. The third-order valence-corrected chi connectivity index (χ3v) is 8.39. The molecular weight excluding hydrogens is 174 g/mol. The van der Waals surface area contributed by atoms with E-state index < -0.39 is 20.4 Å². The third kappa shape index (κ3) is 4.99. The van der Waals surface area contributed by atoms with E-state index in [1.165, 1.54) is 11.5 Å². The first-order valence-electron chi connectivity index (χ1n) is 4.03. The molecule has 0 spiro atoms. The first-order valence-corrected chi connectivity index (χ1v) is 9.27. The van der Waals surface area contributed by atoms with Crippen molar-refractivity contribution in [1.82, 2.24) is 4.13 Å². The molecule has 0 saturated heterocycles. The fraction of sp³-hybridized carbons (Fsp3) is 1.00. The maximum Gasteiger partial charge on any atom is -0.0136 e. The van der Waals surface area contributed by atoms with Crippen molar-refractivity contribution >= 4 is 20.4 Å². The van der Waals surface area contributed by atoms with Crippen LogP contribution in [0.3, 0.4) is 0 Å². The number of rotatable bonds is 4. The first-order chi connectivity index (χ1) is 4.83. The van der Waals surface area contributed by atoms with Crippen LogP contribution < -0.4 is 4.13 Å². The van der Waals surface area contributed by atoms with Gasteiger partial charge in [-0.15, -0.1) is 0 Å². The Morgan fingerprint density at radius 1 is 0.818 bits per heavy atom. The van der Waals surface area contributed by atoms with Crippen LogP contribution in [-0.4, -0.2) is 36.5 Å². The lowest BCUT2D eigenvalue weighted by molar-refractivity contribution is 1.39. The zero-order chi connectivity index (χ0) is 9.12. The minimum absolute atomic E-state index is 0.502. The highest BCUT2D eigenvalue weighted by molar-refractivity contribution is 8.45. The van der Waals surface area contributed by atoms with E-state index >= 15 is 0 Å². The van der Waals surface area contributed by atoms with E-state index in [-0.39, 0.29) is 0 Å². The van der Waals surface area contributed by atoms with Crippen molar-refractivity contribution < 1.29 is 0 Å². The molecule has 0 fully saturated rings. The molecule has 0 bridgehead atoms. The van der Waals surface area contributed by atoms with Crippen molar-refractivity contribution in [3.05, 3.63) is 0 Å². The summed E-state index contributed by atoms with van der Waals surface area (Å²) in [4.78, 5) is 0. The molecule has 0 aromatic rings. The molecule has 1 nitrogen and oxygen atoms in total. The second-order valence-electron chi connectivity index (χ2n) is 3.74. The van der Waals surface area contributed by atoms with Crippen molar-refractivity contribution in [3.8, 4) is 0 Å². The van der Waals surface area contributed by atoms with E-state index in [9.17, 15) is 0 Å². The largest absolute Gasteiger partial charge is 0.245 e. The highest BCUT2D eigenvalue weighted by Crippen LogP contribution is 2.48. The maximum absolute atomic E-state index is 3.80. The Hall–Kier alpha value is 0.660. The van der Waals surface area contributed by atoms with Crippen LogP contribution in [0.25, 0.3) is 0 Å². The molecular formula is C8H23NS2. The fourth-order valence-corrected chi connectivity index (χ4v) is 6.56. The number of nitrogens with one attached hydrogen (secondary N) is 1. The summed E-state index contributed by atoms with van der Waals surface area (Å²) in [5.74, 6) is 2.56. The van der Waals surface area contributed by atoms with Crippen LogP contribution in [0.4, 0.5) is 0 Å². The van der Waals surface area contributed by atoms with Gasteiger partial charge in [0.1, 0.15) is 0 Å². The summed E-state index contributed by atoms with van der Waals surface area (Å²) in [5, 5.41) is 0. The van der Waals surface area contributed by atoms with Crippen LogP contribution in [0.1, 0.15) is 13.8 Å². The molecule has 0 aliphatic heterocycles. The van der Waals surface area contributed by atoms with E-state index in [0.29, 0.717) is 0 Å². The second-order valence-corrected chi connectivity index (χ2v) is 11.7. The predicted molar refractivity (Wildman–Crippen MR) is 63.1 cm³/mol. The molecule has 0 aliphatic carbocycles. The average molecular weight is 197 g/mol. The number of hydrogen-bond donors (Lipinski definition) is 1. The topological polar surface area (TPSA) is 12.0 Å². The number of hydrogen-bond acceptors (Lipinski definition) is 1. The van der Waals surface area contributed by atoms with Gasteiger partial charge in [-0.25, -0.2) is 4.13 Å². The van der Waals surface area contributed by atoms with Crippen LogP contribution in [0.2, 0.25) is 0 Å². The zero-order valence-electron chi connectivity index (χ0n) is 8.73. The van der Waals surface area contributed by atoms with E-state index in [1.807, 2.05) is 0 Å². The molecule has 0 rings (SSSR count). The lowest BCUT2D eigenvalue weighted by atomic mass is 11.0. The third-order valence-electron chi connectivity index (χ3n) is 1.89. The normalized spacial score (nSPS) is 16.5. The molecule has 0 aliphatic rings. The lowest BCUT2D eigenvalue weighted by Gasteiger charge is -2.43. The summed E-state index contributed by atoms with van der Waals surface area (Å²) in [7, 11) is -1.00. The van der Waals surface area contributed by atoms with Crippen LogP contribution in [0.5, 0.6) is 0 Å². The molecule has 0 heterocycles. The molecule has 0 saturated carbocycles. The molecule has 0 atom stereocenters. The van der Waals surface area contributed by atoms with Crippen molar-refractivity contribution in [1.29, 1.82) is 0 Å². The molecule has 11 heavy (non-hydrogen) atoms. The molecule has 0 radical (unpaired) electrons. The Morgan fingerprint density at radius 3 is 1.27 bits per heavy atom. The molecule has 3 heteroatoms. The summed E-state index contributed by atoms with van der Waals surface area (Å²) >= 11 is 0. The van der Waals surface area contributed by atoms with Gasteiger partial charge in [-0.05, 0) is 36.5 Å². The Bertz CT molecular complexity index is 107. The SMILES string of the molecule is CCS(C)(C)NS(C)(C)CC. The Kier molecular flexibility index (Phi) is 4.30. The van der Waals surface area contributed by atoms with Gasteiger partial charge >= 0.3 is 0 Å². The highest BCUT2D eigenvalue weighted by Gasteiger charge is 2.16. The Labute approximate surface area is 75.2 Å². The van der Waals surface area contributed by atoms with E-state index in [0.717, 1.165) is 0 Å². The van der Waals surface area contributed by atoms with Gasteiger partial charge in [0.2, 0.25) is 0 Å². The van der Waals surface area contributed by atoms with Crippen LogP contribution in [0.15, 0.2) is 0 Å². The molecule has 0 aromatic carbocycles. The average Bonchev–Trinajstić information content (AvgIpc) is 1.86. The van der Waals surface area contributed by atoms with Gasteiger partial charge in [-0.1, -0.05) is 13.8 Å². The summed E-state index contributed by atoms with van der Waals surface area (Å²) in [5.41, 5.74) is 0. The monoisotopic (exact) mass is 197 g/mol. The highest BCUT2D eigenvalue weighted by atomic mass is 32.3. The molecule has 1 N–H and O–H groups in total. The van der Waals surface area contributed by atoms with Gasteiger partial charge < -0.3 is 0 Å². The van der Waals surface area contributed by atoms with E-state index in [1.54, 1.807) is 0 Å². The predicted octanol–water partition coefficient (Wildman–Crippen LogP) is 2.57. The summed E-state index contributed by atoms with van der Waals surface area (Å²) < 4.78 is 3.80. The Morgan fingerprint density at radius 2 is 1.09 bits per heavy atom.